The van der Waals surface area contributed by atoms with E-state index >= 15 is 0 Å². The molecule has 1 N–H and O–H groups in total. The lowest BCUT2D eigenvalue weighted by atomic mass is 9.87. The molecule has 0 aromatic heterocycles. The Morgan fingerprint density at radius 1 is 1.18 bits per heavy atom. The molecule has 1 aromatic carbocycles. The number of hydrogen-bond acceptors (Lipinski definition) is 1. The van der Waals surface area contributed by atoms with Gasteiger partial charge in [-0.1, -0.05) is 56.0 Å². The summed E-state index contributed by atoms with van der Waals surface area (Å²) < 4.78 is 0. The molecule has 1 nitrogen and oxygen atoms in total. The number of nitrogens with one attached hydrogen (secondary N) is 1. The number of rotatable bonds is 3. The summed E-state index contributed by atoms with van der Waals surface area (Å²) in [7, 11) is 0. The van der Waals surface area contributed by atoms with Gasteiger partial charge in [-0.05, 0) is 31.0 Å². The first-order chi connectivity index (χ1) is 8.33. The third-order valence-corrected chi connectivity index (χ3v) is 4.13. The highest BCUT2D eigenvalue weighted by Crippen LogP contribution is 2.35. The Morgan fingerprint density at radius 3 is 2.71 bits per heavy atom. The van der Waals surface area contributed by atoms with E-state index in [4.69, 9.17) is 11.6 Å². The van der Waals surface area contributed by atoms with Crippen LogP contribution in [0, 0.1) is 0 Å². The van der Waals surface area contributed by atoms with Gasteiger partial charge < -0.3 is 5.32 Å². The lowest BCUT2D eigenvalue weighted by Crippen LogP contribution is -2.34. The maximum atomic E-state index is 6.35. The molecule has 0 saturated heterocycles. The van der Waals surface area contributed by atoms with Gasteiger partial charge in [-0.25, -0.2) is 0 Å². The quantitative estimate of drug-likeness (QED) is 0.787. The molecule has 94 valence electrons. The molecule has 0 spiro atoms. The minimum atomic E-state index is 0.589. The molecule has 17 heavy (non-hydrogen) atoms. The van der Waals surface area contributed by atoms with Gasteiger partial charge in [0.1, 0.15) is 0 Å². The number of halogens is 1. The van der Waals surface area contributed by atoms with Crippen LogP contribution < -0.4 is 5.32 Å². The number of benzene rings is 1. The minimum Gasteiger partial charge on any atom is -0.314 e. The van der Waals surface area contributed by atoms with Crippen LogP contribution in [0.15, 0.2) is 24.3 Å². The molecule has 2 atom stereocenters. The molecule has 2 heteroatoms. The molecule has 1 aliphatic carbocycles. The molecular formula is C15H22ClN. The van der Waals surface area contributed by atoms with Crippen molar-refractivity contribution in [2.24, 2.45) is 0 Å². The molecule has 1 aromatic rings. The number of hydrogen-bond donors (Lipinski definition) is 1. The van der Waals surface area contributed by atoms with Crippen LogP contribution in [0.5, 0.6) is 0 Å². The zero-order valence-corrected chi connectivity index (χ0v) is 11.3. The molecule has 0 bridgehead atoms. The van der Waals surface area contributed by atoms with Crippen LogP contribution >= 0.6 is 11.6 Å². The summed E-state index contributed by atoms with van der Waals surface area (Å²) in [4.78, 5) is 0. The van der Waals surface area contributed by atoms with Crippen molar-refractivity contribution in [1.29, 1.82) is 0 Å². The third-order valence-electron chi connectivity index (χ3n) is 3.79. The Hall–Kier alpha value is -0.530. The molecule has 0 radical (unpaired) electrons. The molecule has 2 unspecified atom stereocenters. The summed E-state index contributed by atoms with van der Waals surface area (Å²) in [6, 6.07) is 8.94. The fraction of sp³-hybridized carbons (Fsp3) is 0.600. The van der Waals surface area contributed by atoms with Gasteiger partial charge in [0.25, 0.3) is 0 Å². The second-order valence-electron chi connectivity index (χ2n) is 4.93. The summed E-state index contributed by atoms with van der Waals surface area (Å²) in [5.41, 5.74) is 1.34. The van der Waals surface area contributed by atoms with E-state index in [1.807, 2.05) is 12.1 Å². The summed E-state index contributed by atoms with van der Waals surface area (Å²) >= 11 is 6.35. The van der Waals surface area contributed by atoms with Gasteiger partial charge in [0.05, 0.1) is 0 Å². The van der Waals surface area contributed by atoms with Crippen LogP contribution in [0.25, 0.3) is 0 Å². The predicted molar refractivity (Wildman–Crippen MR) is 74.7 cm³/mol. The van der Waals surface area contributed by atoms with Crippen molar-refractivity contribution in [3.05, 3.63) is 34.9 Å². The van der Waals surface area contributed by atoms with E-state index in [1.165, 1.54) is 37.7 Å². The average Bonchev–Trinajstić information content (AvgIpc) is 2.56. The van der Waals surface area contributed by atoms with Crippen molar-refractivity contribution in [3.8, 4) is 0 Å². The first kappa shape index (κ1) is 12.9. The van der Waals surface area contributed by atoms with Crippen molar-refractivity contribution >= 4 is 11.6 Å². The molecule has 0 heterocycles. The summed E-state index contributed by atoms with van der Waals surface area (Å²) in [5.74, 6) is 0.589. The van der Waals surface area contributed by atoms with Crippen molar-refractivity contribution in [3.63, 3.8) is 0 Å². The van der Waals surface area contributed by atoms with E-state index in [0.29, 0.717) is 12.0 Å². The van der Waals surface area contributed by atoms with Crippen molar-refractivity contribution < 1.29 is 0 Å². The van der Waals surface area contributed by atoms with Crippen LogP contribution in [-0.2, 0) is 0 Å². The second-order valence-corrected chi connectivity index (χ2v) is 5.34. The normalized spacial score (nSPS) is 25.5. The Kier molecular flexibility index (Phi) is 4.87. The Bertz CT molecular complexity index is 351. The van der Waals surface area contributed by atoms with E-state index in [0.717, 1.165) is 11.6 Å². The maximum Gasteiger partial charge on any atom is 0.0441 e. The fourth-order valence-electron chi connectivity index (χ4n) is 2.96. The Morgan fingerprint density at radius 2 is 1.94 bits per heavy atom. The molecule has 2 rings (SSSR count). The highest BCUT2D eigenvalue weighted by atomic mass is 35.5. The van der Waals surface area contributed by atoms with Crippen LogP contribution in [0.2, 0.25) is 5.02 Å². The van der Waals surface area contributed by atoms with Gasteiger partial charge in [0, 0.05) is 17.0 Å². The summed E-state index contributed by atoms with van der Waals surface area (Å²) in [5, 5.41) is 4.57. The topological polar surface area (TPSA) is 12.0 Å². The van der Waals surface area contributed by atoms with Gasteiger partial charge >= 0.3 is 0 Å². The molecule has 1 saturated carbocycles. The third kappa shape index (κ3) is 3.23. The lowest BCUT2D eigenvalue weighted by molar-refractivity contribution is 0.419. The van der Waals surface area contributed by atoms with Crippen LogP contribution in [0.3, 0.4) is 0 Å². The van der Waals surface area contributed by atoms with E-state index < -0.39 is 0 Å². The molecule has 1 aliphatic rings. The first-order valence-electron chi connectivity index (χ1n) is 6.80. The minimum absolute atomic E-state index is 0.589. The van der Waals surface area contributed by atoms with Crippen molar-refractivity contribution in [2.45, 2.75) is 51.0 Å². The SMILES string of the molecule is CCNC1CCCCCC1c1ccccc1Cl. The van der Waals surface area contributed by atoms with E-state index in [9.17, 15) is 0 Å². The van der Waals surface area contributed by atoms with Crippen LogP contribution in [-0.4, -0.2) is 12.6 Å². The van der Waals surface area contributed by atoms with Crippen LogP contribution in [0.1, 0.15) is 50.5 Å². The zero-order chi connectivity index (χ0) is 12.1. The largest absolute Gasteiger partial charge is 0.314 e. The molecule has 0 amide bonds. The van der Waals surface area contributed by atoms with Crippen molar-refractivity contribution in [2.75, 3.05) is 6.54 Å². The van der Waals surface area contributed by atoms with Gasteiger partial charge in [-0.3, -0.25) is 0 Å². The average molecular weight is 252 g/mol. The highest BCUT2D eigenvalue weighted by Gasteiger charge is 2.25. The predicted octanol–water partition coefficient (Wildman–Crippen LogP) is 4.37. The number of likely N-dealkylation sites (N-methyl/N-ethyl adjacent to an activating group) is 1. The lowest BCUT2D eigenvalue weighted by Gasteiger charge is -2.27. The monoisotopic (exact) mass is 251 g/mol. The zero-order valence-electron chi connectivity index (χ0n) is 10.6. The maximum absolute atomic E-state index is 6.35. The van der Waals surface area contributed by atoms with Gasteiger partial charge in [-0.15, -0.1) is 0 Å². The Balaban J connectivity index is 2.22. The molecule has 1 fully saturated rings. The van der Waals surface area contributed by atoms with Gasteiger partial charge in [0.15, 0.2) is 0 Å². The second kappa shape index (κ2) is 6.42. The van der Waals surface area contributed by atoms with E-state index in [-0.39, 0.29) is 0 Å². The first-order valence-corrected chi connectivity index (χ1v) is 7.18. The van der Waals surface area contributed by atoms with Gasteiger partial charge in [-0.2, -0.15) is 0 Å². The van der Waals surface area contributed by atoms with E-state index in [2.05, 4.69) is 24.4 Å². The van der Waals surface area contributed by atoms with Crippen molar-refractivity contribution in [1.82, 2.24) is 5.32 Å². The fourth-order valence-corrected chi connectivity index (χ4v) is 3.24. The van der Waals surface area contributed by atoms with Crippen LogP contribution in [0.4, 0.5) is 0 Å². The summed E-state index contributed by atoms with van der Waals surface area (Å²) in [6.45, 7) is 3.24. The highest BCUT2D eigenvalue weighted by molar-refractivity contribution is 6.31. The summed E-state index contributed by atoms with van der Waals surface area (Å²) in [6.07, 6.45) is 6.59. The standard InChI is InChI=1S/C15H22ClN/c1-2-17-15-11-5-3-4-9-13(15)12-8-6-7-10-14(12)16/h6-8,10,13,15,17H,2-5,9,11H2,1H3. The van der Waals surface area contributed by atoms with Gasteiger partial charge in [0.2, 0.25) is 0 Å². The van der Waals surface area contributed by atoms with E-state index in [1.54, 1.807) is 0 Å². The molecular weight excluding hydrogens is 230 g/mol. The Labute approximate surface area is 110 Å². The smallest absolute Gasteiger partial charge is 0.0441 e. The molecule has 0 aliphatic heterocycles.